The number of carbonyl (C=O) groups excluding carboxylic acids is 1. The standard InChI is InChI=1S/C14H18FNO2/c1-11(10-16-8-2-3-9-16)18-14(17)12-4-6-13(15)7-5-12/h4-7,11H,2-3,8-10H2,1H3/t11-/m0/s1. The van der Waals surface area contributed by atoms with Crippen molar-refractivity contribution in [1.29, 1.82) is 0 Å². The van der Waals surface area contributed by atoms with E-state index in [9.17, 15) is 9.18 Å². The highest BCUT2D eigenvalue weighted by atomic mass is 19.1. The molecule has 1 heterocycles. The second-order valence-corrected chi connectivity index (χ2v) is 4.73. The second-order valence-electron chi connectivity index (χ2n) is 4.73. The average molecular weight is 251 g/mol. The molecule has 0 saturated carbocycles. The number of rotatable bonds is 4. The molecule has 0 radical (unpaired) electrons. The summed E-state index contributed by atoms with van der Waals surface area (Å²) in [5, 5.41) is 0. The fourth-order valence-corrected chi connectivity index (χ4v) is 2.20. The predicted molar refractivity (Wildman–Crippen MR) is 67.0 cm³/mol. The number of esters is 1. The largest absolute Gasteiger partial charge is 0.458 e. The minimum absolute atomic E-state index is 0.138. The summed E-state index contributed by atoms with van der Waals surface area (Å²) in [6, 6.07) is 5.42. The van der Waals surface area contributed by atoms with Crippen LogP contribution in [0.2, 0.25) is 0 Å². The molecule has 0 amide bonds. The van der Waals surface area contributed by atoms with E-state index in [1.54, 1.807) is 0 Å². The summed E-state index contributed by atoms with van der Waals surface area (Å²) in [6.45, 7) is 4.82. The zero-order valence-electron chi connectivity index (χ0n) is 10.6. The van der Waals surface area contributed by atoms with Crippen LogP contribution in [0.25, 0.3) is 0 Å². The van der Waals surface area contributed by atoms with E-state index in [0.717, 1.165) is 19.6 Å². The number of nitrogens with zero attached hydrogens (tertiary/aromatic N) is 1. The Kier molecular flexibility index (Phi) is 4.31. The van der Waals surface area contributed by atoms with Gasteiger partial charge in [0.15, 0.2) is 0 Å². The summed E-state index contributed by atoms with van der Waals surface area (Å²) in [7, 11) is 0. The van der Waals surface area contributed by atoms with Crippen molar-refractivity contribution >= 4 is 5.97 Å². The van der Waals surface area contributed by atoms with Gasteiger partial charge < -0.3 is 4.74 Å². The van der Waals surface area contributed by atoms with Crippen LogP contribution in [0.15, 0.2) is 24.3 Å². The Balaban J connectivity index is 1.84. The number of ether oxygens (including phenoxy) is 1. The first-order valence-corrected chi connectivity index (χ1v) is 6.34. The van der Waals surface area contributed by atoms with Crippen LogP contribution in [-0.2, 0) is 4.74 Å². The Morgan fingerprint density at radius 3 is 2.56 bits per heavy atom. The first-order chi connectivity index (χ1) is 8.65. The summed E-state index contributed by atoms with van der Waals surface area (Å²) < 4.78 is 18.1. The van der Waals surface area contributed by atoms with E-state index in [1.165, 1.54) is 37.1 Å². The SMILES string of the molecule is C[C@@H](CN1CCCC1)OC(=O)c1ccc(F)cc1. The summed E-state index contributed by atoms with van der Waals surface area (Å²) in [5.41, 5.74) is 0.393. The summed E-state index contributed by atoms with van der Waals surface area (Å²) in [5.74, 6) is -0.738. The number of likely N-dealkylation sites (tertiary alicyclic amines) is 1. The Morgan fingerprint density at radius 1 is 1.33 bits per heavy atom. The van der Waals surface area contributed by atoms with Crippen LogP contribution in [0.4, 0.5) is 4.39 Å². The molecular formula is C14H18FNO2. The van der Waals surface area contributed by atoms with E-state index >= 15 is 0 Å². The van der Waals surface area contributed by atoms with Gasteiger partial charge in [0.25, 0.3) is 0 Å². The van der Waals surface area contributed by atoms with Crippen molar-refractivity contribution in [3.8, 4) is 0 Å². The highest BCUT2D eigenvalue weighted by Crippen LogP contribution is 2.11. The quantitative estimate of drug-likeness (QED) is 0.770. The third-order valence-electron chi connectivity index (χ3n) is 3.10. The van der Waals surface area contributed by atoms with E-state index < -0.39 is 0 Å². The fourth-order valence-electron chi connectivity index (χ4n) is 2.20. The molecule has 0 bridgehead atoms. The van der Waals surface area contributed by atoms with Gasteiger partial charge in [-0.25, -0.2) is 9.18 Å². The van der Waals surface area contributed by atoms with Crippen LogP contribution in [-0.4, -0.2) is 36.6 Å². The molecule has 1 saturated heterocycles. The summed E-state index contributed by atoms with van der Waals surface area (Å²) in [4.78, 5) is 14.1. The van der Waals surface area contributed by atoms with E-state index in [0.29, 0.717) is 5.56 Å². The zero-order valence-corrected chi connectivity index (χ0v) is 10.6. The van der Waals surface area contributed by atoms with Crippen molar-refractivity contribution in [2.24, 2.45) is 0 Å². The first kappa shape index (κ1) is 13.0. The van der Waals surface area contributed by atoms with Crippen LogP contribution in [0, 0.1) is 5.82 Å². The molecule has 2 rings (SSSR count). The van der Waals surface area contributed by atoms with E-state index in [1.807, 2.05) is 6.92 Å². The van der Waals surface area contributed by atoms with Crippen molar-refractivity contribution in [2.75, 3.05) is 19.6 Å². The molecule has 1 atom stereocenters. The van der Waals surface area contributed by atoms with E-state index in [4.69, 9.17) is 4.74 Å². The molecule has 18 heavy (non-hydrogen) atoms. The van der Waals surface area contributed by atoms with Crippen LogP contribution < -0.4 is 0 Å². The van der Waals surface area contributed by atoms with Gasteiger partial charge in [0.2, 0.25) is 0 Å². The van der Waals surface area contributed by atoms with Crippen LogP contribution >= 0.6 is 0 Å². The lowest BCUT2D eigenvalue weighted by atomic mass is 10.2. The molecule has 98 valence electrons. The maximum absolute atomic E-state index is 12.7. The van der Waals surface area contributed by atoms with Crippen molar-refractivity contribution in [3.63, 3.8) is 0 Å². The monoisotopic (exact) mass is 251 g/mol. The Labute approximate surface area is 107 Å². The van der Waals surface area contributed by atoms with Crippen LogP contribution in [0.5, 0.6) is 0 Å². The Bertz CT molecular complexity index is 399. The zero-order chi connectivity index (χ0) is 13.0. The number of hydrogen-bond donors (Lipinski definition) is 0. The third-order valence-corrected chi connectivity index (χ3v) is 3.10. The molecule has 0 aromatic heterocycles. The third kappa shape index (κ3) is 3.53. The second kappa shape index (κ2) is 5.96. The molecule has 1 aliphatic rings. The minimum Gasteiger partial charge on any atom is -0.458 e. The lowest BCUT2D eigenvalue weighted by Crippen LogP contribution is -2.31. The average Bonchev–Trinajstić information content (AvgIpc) is 2.82. The van der Waals surface area contributed by atoms with Gasteiger partial charge in [0.1, 0.15) is 11.9 Å². The first-order valence-electron chi connectivity index (χ1n) is 6.34. The summed E-state index contributed by atoms with van der Waals surface area (Å²) >= 11 is 0. The van der Waals surface area contributed by atoms with E-state index in [2.05, 4.69) is 4.90 Å². The molecule has 4 heteroatoms. The van der Waals surface area contributed by atoms with Crippen molar-refractivity contribution in [2.45, 2.75) is 25.9 Å². The molecular weight excluding hydrogens is 233 g/mol. The molecule has 0 N–H and O–H groups in total. The van der Waals surface area contributed by atoms with Crippen molar-refractivity contribution in [3.05, 3.63) is 35.6 Å². The molecule has 0 spiro atoms. The van der Waals surface area contributed by atoms with Gasteiger partial charge in [-0.3, -0.25) is 4.90 Å². The lowest BCUT2D eigenvalue weighted by Gasteiger charge is -2.20. The fraction of sp³-hybridized carbons (Fsp3) is 0.500. The smallest absolute Gasteiger partial charge is 0.338 e. The Morgan fingerprint density at radius 2 is 1.94 bits per heavy atom. The normalized spacial score (nSPS) is 17.7. The molecule has 1 aliphatic heterocycles. The van der Waals surface area contributed by atoms with Gasteiger partial charge in [-0.15, -0.1) is 0 Å². The minimum atomic E-state index is -0.387. The molecule has 1 aromatic carbocycles. The molecule has 1 fully saturated rings. The van der Waals surface area contributed by atoms with Gasteiger partial charge in [-0.1, -0.05) is 0 Å². The van der Waals surface area contributed by atoms with E-state index in [-0.39, 0.29) is 17.9 Å². The lowest BCUT2D eigenvalue weighted by molar-refractivity contribution is 0.0271. The van der Waals surface area contributed by atoms with Gasteiger partial charge in [0, 0.05) is 6.54 Å². The maximum Gasteiger partial charge on any atom is 0.338 e. The summed E-state index contributed by atoms with van der Waals surface area (Å²) in [6.07, 6.45) is 2.30. The molecule has 0 unspecified atom stereocenters. The van der Waals surface area contributed by atoms with Crippen LogP contribution in [0.3, 0.4) is 0 Å². The van der Waals surface area contributed by atoms with Gasteiger partial charge >= 0.3 is 5.97 Å². The van der Waals surface area contributed by atoms with Crippen LogP contribution in [0.1, 0.15) is 30.1 Å². The predicted octanol–water partition coefficient (Wildman–Crippen LogP) is 2.47. The highest BCUT2D eigenvalue weighted by molar-refractivity contribution is 5.89. The number of benzene rings is 1. The molecule has 3 nitrogen and oxygen atoms in total. The number of carbonyl (C=O) groups is 1. The topological polar surface area (TPSA) is 29.5 Å². The maximum atomic E-state index is 12.7. The van der Waals surface area contributed by atoms with Gasteiger partial charge in [-0.05, 0) is 57.1 Å². The Hall–Kier alpha value is -1.42. The van der Waals surface area contributed by atoms with Crippen molar-refractivity contribution < 1.29 is 13.9 Å². The van der Waals surface area contributed by atoms with Gasteiger partial charge in [0.05, 0.1) is 5.56 Å². The highest BCUT2D eigenvalue weighted by Gasteiger charge is 2.17. The molecule has 1 aromatic rings. The van der Waals surface area contributed by atoms with Gasteiger partial charge in [-0.2, -0.15) is 0 Å². The molecule has 0 aliphatic carbocycles. The number of hydrogen-bond acceptors (Lipinski definition) is 3. The van der Waals surface area contributed by atoms with Crippen molar-refractivity contribution in [1.82, 2.24) is 4.90 Å². The number of halogens is 1.